The molecule has 7 heteroatoms. The summed E-state index contributed by atoms with van der Waals surface area (Å²) < 4.78 is 10.6. The first-order chi connectivity index (χ1) is 8.52. The molecule has 1 unspecified atom stereocenters. The van der Waals surface area contributed by atoms with Crippen LogP contribution in [0.25, 0.3) is 10.8 Å². The first-order valence-corrected chi connectivity index (χ1v) is 6.44. The van der Waals surface area contributed by atoms with Crippen LogP contribution in [0.3, 0.4) is 0 Å². The van der Waals surface area contributed by atoms with Crippen LogP contribution in [0.15, 0.2) is 4.52 Å². The minimum absolute atomic E-state index is 0.173. The molecule has 0 aromatic carbocycles. The Balaban J connectivity index is 2.33. The number of nitrogen functional groups attached to an aromatic ring is 1. The molecule has 0 bridgehead atoms. The van der Waals surface area contributed by atoms with Crippen LogP contribution in [0.4, 0.5) is 5.13 Å². The smallest absolute Gasteiger partial charge is 0.270 e. The van der Waals surface area contributed by atoms with E-state index in [-0.39, 0.29) is 12.0 Å². The highest BCUT2D eigenvalue weighted by molar-refractivity contribution is 7.18. The normalized spacial score (nSPS) is 13.2. The van der Waals surface area contributed by atoms with Crippen molar-refractivity contribution in [2.45, 2.75) is 26.9 Å². The average molecular weight is 268 g/mol. The summed E-state index contributed by atoms with van der Waals surface area (Å²) in [4.78, 5) is 9.30. The molecule has 2 heterocycles. The lowest BCUT2D eigenvalue weighted by molar-refractivity contribution is 0.0556. The number of aryl methyl sites for hydroxylation is 1. The van der Waals surface area contributed by atoms with E-state index in [4.69, 9.17) is 15.0 Å². The number of aromatic nitrogens is 3. The zero-order valence-corrected chi connectivity index (χ0v) is 11.6. The van der Waals surface area contributed by atoms with E-state index < -0.39 is 0 Å². The Morgan fingerprint density at radius 1 is 1.33 bits per heavy atom. The molecule has 2 aromatic rings. The SMILES string of the molecule is COC(c1noc(-c2sc(N)nc2C)n1)C(C)C. The third-order valence-electron chi connectivity index (χ3n) is 2.56. The topological polar surface area (TPSA) is 87.1 Å². The maximum absolute atomic E-state index is 5.65. The molecule has 0 saturated carbocycles. The quantitative estimate of drug-likeness (QED) is 0.916. The molecule has 0 amide bonds. The number of hydrogen-bond donors (Lipinski definition) is 1. The van der Waals surface area contributed by atoms with Crippen LogP contribution in [0, 0.1) is 12.8 Å². The summed E-state index contributed by atoms with van der Waals surface area (Å²) in [6.45, 7) is 5.95. The summed E-state index contributed by atoms with van der Waals surface area (Å²) in [7, 11) is 1.64. The van der Waals surface area contributed by atoms with Crippen LogP contribution in [0.5, 0.6) is 0 Å². The number of nitrogens with two attached hydrogens (primary N) is 1. The molecule has 6 nitrogen and oxygen atoms in total. The highest BCUT2D eigenvalue weighted by Crippen LogP contribution is 2.31. The molecule has 2 rings (SSSR count). The van der Waals surface area contributed by atoms with Crippen LogP contribution < -0.4 is 5.73 Å². The number of anilines is 1. The maximum Gasteiger partial charge on any atom is 0.270 e. The van der Waals surface area contributed by atoms with Gasteiger partial charge in [0.25, 0.3) is 5.89 Å². The molecular weight excluding hydrogens is 252 g/mol. The van der Waals surface area contributed by atoms with Crippen molar-refractivity contribution in [2.75, 3.05) is 12.8 Å². The maximum atomic E-state index is 5.65. The van der Waals surface area contributed by atoms with Gasteiger partial charge in [0.1, 0.15) is 11.0 Å². The van der Waals surface area contributed by atoms with Gasteiger partial charge in [-0.1, -0.05) is 30.3 Å². The fourth-order valence-electron chi connectivity index (χ4n) is 1.73. The van der Waals surface area contributed by atoms with Gasteiger partial charge in [-0.25, -0.2) is 4.98 Å². The summed E-state index contributed by atoms with van der Waals surface area (Å²) in [5.74, 6) is 1.27. The Bertz CT molecular complexity index is 535. The monoisotopic (exact) mass is 268 g/mol. The molecule has 0 saturated heterocycles. The number of methoxy groups -OCH3 is 1. The Kier molecular flexibility index (Phi) is 3.63. The zero-order valence-electron chi connectivity index (χ0n) is 10.8. The van der Waals surface area contributed by atoms with E-state index in [1.54, 1.807) is 7.11 Å². The molecule has 0 spiro atoms. The van der Waals surface area contributed by atoms with E-state index in [1.165, 1.54) is 11.3 Å². The molecule has 0 fully saturated rings. The number of ether oxygens (including phenoxy) is 1. The van der Waals surface area contributed by atoms with Gasteiger partial charge in [0, 0.05) is 7.11 Å². The van der Waals surface area contributed by atoms with Crippen LogP contribution in [0.1, 0.15) is 31.5 Å². The molecular formula is C11H16N4O2S. The van der Waals surface area contributed by atoms with Gasteiger partial charge >= 0.3 is 0 Å². The number of nitrogens with zero attached hydrogens (tertiary/aromatic N) is 3. The van der Waals surface area contributed by atoms with Crippen molar-refractivity contribution in [1.29, 1.82) is 0 Å². The highest BCUT2D eigenvalue weighted by atomic mass is 32.1. The van der Waals surface area contributed by atoms with Gasteiger partial charge in [0.15, 0.2) is 5.13 Å². The summed E-state index contributed by atoms with van der Waals surface area (Å²) >= 11 is 1.34. The van der Waals surface area contributed by atoms with Crippen molar-refractivity contribution < 1.29 is 9.26 Å². The van der Waals surface area contributed by atoms with Crippen molar-refractivity contribution in [3.05, 3.63) is 11.5 Å². The largest absolute Gasteiger partial charge is 0.375 e. The average Bonchev–Trinajstić information content (AvgIpc) is 2.86. The van der Waals surface area contributed by atoms with Crippen LogP contribution in [-0.4, -0.2) is 22.2 Å². The Labute approximate surface area is 109 Å². The summed E-state index contributed by atoms with van der Waals surface area (Å²) in [5, 5.41) is 4.46. The van der Waals surface area contributed by atoms with Gasteiger partial charge in [0.05, 0.1) is 5.69 Å². The molecule has 1 atom stereocenters. The Hall–Kier alpha value is -1.47. The molecule has 2 aromatic heterocycles. The van der Waals surface area contributed by atoms with E-state index in [2.05, 4.69) is 15.1 Å². The lowest BCUT2D eigenvalue weighted by atomic mass is 10.1. The predicted octanol–water partition coefficient (Wildman–Crippen LogP) is 2.43. The third-order valence-corrected chi connectivity index (χ3v) is 3.54. The van der Waals surface area contributed by atoms with E-state index >= 15 is 0 Å². The minimum atomic E-state index is -0.173. The molecule has 0 aliphatic rings. The van der Waals surface area contributed by atoms with E-state index in [1.807, 2.05) is 20.8 Å². The summed E-state index contributed by atoms with van der Waals surface area (Å²) in [5.41, 5.74) is 6.45. The molecule has 98 valence electrons. The number of hydrogen-bond acceptors (Lipinski definition) is 7. The minimum Gasteiger partial charge on any atom is -0.375 e. The second-order valence-corrected chi connectivity index (χ2v) is 5.36. The molecule has 0 radical (unpaired) electrons. The number of thiazole rings is 1. The molecule has 2 N–H and O–H groups in total. The van der Waals surface area contributed by atoms with Crippen LogP contribution >= 0.6 is 11.3 Å². The standard InChI is InChI=1S/C11H16N4O2S/c1-5(2)7(16-4)9-14-10(17-15-9)8-6(3)13-11(12)18-8/h5,7H,1-4H3,(H2,12,13). The number of rotatable bonds is 4. The Morgan fingerprint density at radius 2 is 2.06 bits per heavy atom. The second kappa shape index (κ2) is 5.03. The third kappa shape index (κ3) is 2.37. The van der Waals surface area contributed by atoms with E-state index in [0.29, 0.717) is 16.8 Å². The molecule has 0 aliphatic heterocycles. The van der Waals surface area contributed by atoms with Crippen molar-refractivity contribution in [3.8, 4) is 10.8 Å². The van der Waals surface area contributed by atoms with Crippen LogP contribution in [-0.2, 0) is 4.74 Å². The predicted molar refractivity (Wildman–Crippen MR) is 69.1 cm³/mol. The second-order valence-electron chi connectivity index (χ2n) is 4.32. The summed E-state index contributed by atoms with van der Waals surface area (Å²) in [6.07, 6.45) is -0.173. The van der Waals surface area contributed by atoms with E-state index in [0.717, 1.165) is 10.6 Å². The fourth-order valence-corrected chi connectivity index (χ4v) is 2.49. The van der Waals surface area contributed by atoms with Gasteiger partial charge < -0.3 is 15.0 Å². The zero-order chi connectivity index (χ0) is 13.3. The lowest BCUT2D eigenvalue weighted by Gasteiger charge is -2.14. The summed E-state index contributed by atoms with van der Waals surface area (Å²) in [6, 6.07) is 0. The first-order valence-electron chi connectivity index (χ1n) is 5.62. The van der Waals surface area contributed by atoms with Crippen LogP contribution in [0.2, 0.25) is 0 Å². The van der Waals surface area contributed by atoms with Crippen molar-refractivity contribution in [1.82, 2.24) is 15.1 Å². The lowest BCUT2D eigenvalue weighted by Crippen LogP contribution is -2.10. The molecule has 18 heavy (non-hydrogen) atoms. The van der Waals surface area contributed by atoms with Gasteiger partial charge in [0.2, 0.25) is 5.82 Å². The molecule has 0 aliphatic carbocycles. The fraction of sp³-hybridized carbons (Fsp3) is 0.545. The van der Waals surface area contributed by atoms with Gasteiger partial charge in [-0.15, -0.1) is 0 Å². The first kappa shape index (κ1) is 13.0. The van der Waals surface area contributed by atoms with Gasteiger partial charge in [-0.05, 0) is 12.8 Å². The van der Waals surface area contributed by atoms with Crippen molar-refractivity contribution in [3.63, 3.8) is 0 Å². The van der Waals surface area contributed by atoms with Gasteiger partial charge in [-0.2, -0.15) is 4.98 Å². The van der Waals surface area contributed by atoms with Crippen molar-refractivity contribution in [2.24, 2.45) is 5.92 Å². The van der Waals surface area contributed by atoms with E-state index in [9.17, 15) is 0 Å². The van der Waals surface area contributed by atoms with Crippen molar-refractivity contribution >= 4 is 16.5 Å². The Morgan fingerprint density at radius 3 is 2.56 bits per heavy atom. The highest BCUT2D eigenvalue weighted by Gasteiger charge is 2.23. The van der Waals surface area contributed by atoms with Gasteiger partial charge in [-0.3, -0.25) is 0 Å².